The van der Waals surface area contributed by atoms with Crippen LogP contribution >= 0.6 is 0 Å². The lowest BCUT2D eigenvalue weighted by Crippen LogP contribution is -1.82. The van der Waals surface area contributed by atoms with E-state index in [0.29, 0.717) is 6.61 Å². The number of hydrogen-bond acceptors (Lipinski definition) is 1. The van der Waals surface area contributed by atoms with Crippen LogP contribution in [0.1, 0.15) is 5.56 Å². The standard InChI is InChI=1S/C14H16O/c1-2-3-7-12-15-13-8-11-14-9-5-4-6-10-14/h2-10,13H,1,11-12H2. The molecule has 0 aliphatic heterocycles. The van der Waals surface area contributed by atoms with Crippen LogP contribution in [-0.4, -0.2) is 6.61 Å². The zero-order valence-corrected chi connectivity index (χ0v) is 8.80. The van der Waals surface area contributed by atoms with Crippen molar-refractivity contribution in [3.63, 3.8) is 0 Å². The summed E-state index contributed by atoms with van der Waals surface area (Å²) >= 11 is 0. The molecule has 0 atom stereocenters. The summed E-state index contributed by atoms with van der Waals surface area (Å²) in [7, 11) is 0. The molecule has 1 aromatic carbocycles. The van der Waals surface area contributed by atoms with Crippen LogP contribution in [0, 0.1) is 0 Å². The minimum atomic E-state index is 0.595. The van der Waals surface area contributed by atoms with Gasteiger partial charge in [-0.25, -0.2) is 0 Å². The fraction of sp³-hybridized carbons (Fsp3) is 0.143. The van der Waals surface area contributed by atoms with E-state index < -0.39 is 0 Å². The average Bonchev–Trinajstić information content (AvgIpc) is 2.29. The molecular formula is C14H16O. The summed E-state index contributed by atoms with van der Waals surface area (Å²) in [5, 5.41) is 0. The fourth-order valence-corrected chi connectivity index (χ4v) is 1.13. The van der Waals surface area contributed by atoms with Gasteiger partial charge in [-0.2, -0.15) is 0 Å². The Labute approximate surface area is 91.4 Å². The lowest BCUT2D eigenvalue weighted by atomic mass is 10.2. The van der Waals surface area contributed by atoms with Gasteiger partial charge in [0.05, 0.1) is 6.26 Å². The van der Waals surface area contributed by atoms with Gasteiger partial charge < -0.3 is 4.74 Å². The van der Waals surface area contributed by atoms with E-state index >= 15 is 0 Å². The molecule has 0 heterocycles. The molecule has 0 N–H and O–H groups in total. The van der Waals surface area contributed by atoms with Crippen molar-refractivity contribution in [2.75, 3.05) is 6.61 Å². The van der Waals surface area contributed by atoms with Crippen molar-refractivity contribution in [1.82, 2.24) is 0 Å². The second kappa shape index (κ2) is 7.63. The summed E-state index contributed by atoms with van der Waals surface area (Å²) in [6.07, 6.45) is 10.2. The minimum Gasteiger partial charge on any atom is -0.497 e. The zero-order chi connectivity index (χ0) is 10.8. The molecule has 0 spiro atoms. The number of hydrogen-bond donors (Lipinski definition) is 0. The van der Waals surface area contributed by atoms with Gasteiger partial charge in [-0.3, -0.25) is 0 Å². The van der Waals surface area contributed by atoms with Crippen molar-refractivity contribution in [3.8, 4) is 0 Å². The Morgan fingerprint density at radius 3 is 2.67 bits per heavy atom. The van der Waals surface area contributed by atoms with E-state index in [1.165, 1.54) is 5.56 Å². The van der Waals surface area contributed by atoms with Gasteiger partial charge in [-0.05, 0) is 24.1 Å². The van der Waals surface area contributed by atoms with E-state index in [-0.39, 0.29) is 0 Å². The molecular weight excluding hydrogens is 184 g/mol. The number of rotatable bonds is 6. The predicted molar refractivity (Wildman–Crippen MR) is 64.6 cm³/mol. The molecule has 78 valence electrons. The molecule has 1 aromatic rings. The fourth-order valence-electron chi connectivity index (χ4n) is 1.13. The first-order chi connectivity index (χ1) is 7.43. The molecule has 0 aromatic heterocycles. The molecule has 0 aliphatic carbocycles. The van der Waals surface area contributed by atoms with Crippen LogP contribution in [0.25, 0.3) is 0 Å². The smallest absolute Gasteiger partial charge is 0.106 e. The molecule has 0 saturated heterocycles. The van der Waals surface area contributed by atoms with Crippen LogP contribution < -0.4 is 0 Å². The highest BCUT2D eigenvalue weighted by Crippen LogP contribution is 1.99. The Balaban J connectivity index is 2.17. The van der Waals surface area contributed by atoms with Crippen LogP contribution in [0.3, 0.4) is 0 Å². The summed E-state index contributed by atoms with van der Waals surface area (Å²) in [6.45, 7) is 4.17. The quantitative estimate of drug-likeness (QED) is 0.388. The first kappa shape index (κ1) is 11.3. The third-order valence-electron chi connectivity index (χ3n) is 1.85. The van der Waals surface area contributed by atoms with E-state index in [9.17, 15) is 0 Å². The number of allylic oxidation sites excluding steroid dienone is 3. The van der Waals surface area contributed by atoms with Gasteiger partial charge in [0, 0.05) is 0 Å². The zero-order valence-electron chi connectivity index (χ0n) is 8.80. The van der Waals surface area contributed by atoms with Crippen molar-refractivity contribution in [2.24, 2.45) is 0 Å². The molecule has 0 radical (unpaired) electrons. The SMILES string of the molecule is C=CC=CCOC=CCc1ccccc1. The van der Waals surface area contributed by atoms with Gasteiger partial charge in [0.25, 0.3) is 0 Å². The maximum Gasteiger partial charge on any atom is 0.106 e. The topological polar surface area (TPSA) is 9.23 Å². The van der Waals surface area contributed by atoms with Crippen LogP contribution in [-0.2, 0) is 11.2 Å². The second-order valence-electron chi connectivity index (χ2n) is 3.06. The van der Waals surface area contributed by atoms with Crippen LogP contribution in [0.15, 0.2) is 67.5 Å². The highest BCUT2D eigenvalue weighted by atomic mass is 16.5. The van der Waals surface area contributed by atoms with Crippen LogP contribution in [0.4, 0.5) is 0 Å². The summed E-state index contributed by atoms with van der Waals surface area (Å²) in [5.74, 6) is 0. The monoisotopic (exact) mass is 200 g/mol. The van der Waals surface area contributed by atoms with Gasteiger partial charge in [0.15, 0.2) is 0 Å². The Morgan fingerprint density at radius 1 is 1.13 bits per heavy atom. The van der Waals surface area contributed by atoms with Crippen LogP contribution in [0.2, 0.25) is 0 Å². The summed E-state index contributed by atoms with van der Waals surface area (Å²) in [5.41, 5.74) is 1.29. The average molecular weight is 200 g/mol. The van der Waals surface area contributed by atoms with Crippen molar-refractivity contribution in [3.05, 3.63) is 73.0 Å². The first-order valence-electron chi connectivity index (χ1n) is 5.01. The second-order valence-corrected chi connectivity index (χ2v) is 3.06. The Bertz CT molecular complexity index is 322. The molecule has 1 heteroatoms. The molecule has 0 aliphatic rings. The van der Waals surface area contributed by atoms with Crippen molar-refractivity contribution in [1.29, 1.82) is 0 Å². The molecule has 1 nitrogen and oxygen atoms in total. The van der Waals surface area contributed by atoms with Gasteiger partial charge in [-0.15, -0.1) is 0 Å². The van der Waals surface area contributed by atoms with Gasteiger partial charge >= 0.3 is 0 Å². The summed E-state index contributed by atoms with van der Waals surface area (Å²) in [4.78, 5) is 0. The van der Waals surface area contributed by atoms with E-state index in [1.54, 1.807) is 12.3 Å². The molecule has 1 rings (SSSR count). The van der Waals surface area contributed by atoms with Crippen molar-refractivity contribution in [2.45, 2.75) is 6.42 Å². The van der Waals surface area contributed by atoms with Crippen molar-refractivity contribution < 1.29 is 4.74 Å². The Kier molecular flexibility index (Phi) is 5.75. The lowest BCUT2D eigenvalue weighted by molar-refractivity contribution is 0.288. The molecule has 0 bridgehead atoms. The largest absolute Gasteiger partial charge is 0.497 e. The molecule has 0 amide bonds. The number of ether oxygens (including phenoxy) is 1. The van der Waals surface area contributed by atoms with E-state index in [1.807, 2.05) is 36.4 Å². The Hall–Kier alpha value is -1.76. The Morgan fingerprint density at radius 2 is 1.93 bits per heavy atom. The van der Waals surface area contributed by atoms with E-state index in [2.05, 4.69) is 18.7 Å². The van der Waals surface area contributed by atoms with Gasteiger partial charge in [0.1, 0.15) is 6.61 Å². The first-order valence-corrected chi connectivity index (χ1v) is 5.01. The molecule has 15 heavy (non-hydrogen) atoms. The minimum absolute atomic E-state index is 0.595. The van der Waals surface area contributed by atoms with Crippen LogP contribution in [0.5, 0.6) is 0 Å². The normalized spacial score (nSPS) is 10.9. The number of benzene rings is 1. The van der Waals surface area contributed by atoms with Gasteiger partial charge in [-0.1, -0.05) is 49.1 Å². The predicted octanol–water partition coefficient (Wildman–Crippen LogP) is 3.50. The lowest BCUT2D eigenvalue weighted by Gasteiger charge is -1.95. The van der Waals surface area contributed by atoms with Crippen molar-refractivity contribution >= 4 is 0 Å². The van der Waals surface area contributed by atoms with E-state index in [4.69, 9.17) is 4.74 Å². The highest BCUT2D eigenvalue weighted by Gasteiger charge is 1.84. The van der Waals surface area contributed by atoms with Gasteiger partial charge in [0.2, 0.25) is 0 Å². The van der Waals surface area contributed by atoms with E-state index in [0.717, 1.165) is 6.42 Å². The highest BCUT2D eigenvalue weighted by molar-refractivity contribution is 5.17. The molecule has 0 saturated carbocycles. The third kappa shape index (κ3) is 5.53. The third-order valence-corrected chi connectivity index (χ3v) is 1.85. The summed E-state index contributed by atoms with van der Waals surface area (Å²) < 4.78 is 5.24. The molecule has 0 fully saturated rings. The maximum absolute atomic E-state index is 5.24. The molecule has 0 unspecified atom stereocenters. The maximum atomic E-state index is 5.24. The summed E-state index contributed by atoms with van der Waals surface area (Å²) in [6, 6.07) is 10.3.